The maximum Gasteiger partial charge on any atom is 0.282 e. The van der Waals surface area contributed by atoms with E-state index in [0.717, 1.165) is 12.4 Å². The number of alkyl halides is 2. The van der Waals surface area contributed by atoms with Crippen molar-refractivity contribution in [2.45, 2.75) is 19.5 Å². The van der Waals surface area contributed by atoms with Crippen LogP contribution >= 0.6 is 23.2 Å². The van der Waals surface area contributed by atoms with Gasteiger partial charge in [0.2, 0.25) is 0 Å². The molecule has 0 fully saturated rings. The number of hydrogen-bond acceptors (Lipinski definition) is 5. The van der Waals surface area contributed by atoms with Gasteiger partial charge in [0.15, 0.2) is 5.82 Å². The number of hydrogen-bond donors (Lipinski definition) is 1. The summed E-state index contributed by atoms with van der Waals surface area (Å²) in [6.45, 7) is 1.76. The normalized spacial score (nSPS) is 12.3. The molecule has 2 heterocycles. The van der Waals surface area contributed by atoms with Crippen molar-refractivity contribution in [2.75, 3.05) is 11.9 Å². The van der Waals surface area contributed by atoms with E-state index in [1.54, 1.807) is 6.92 Å². The lowest BCUT2D eigenvalue weighted by atomic mass is 10.3. The highest BCUT2D eigenvalue weighted by atomic mass is 35.5. The Hall–Kier alpha value is -1.80. The van der Waals surface area contributed by atoms with Crippen molar-refractivity contribution < 1.29 is 17.9 Å². The molecule has 0 aliphatic carbocycles. The minimum absolute atomic E-state index is 0.0388. The maximum atomic E-state index is 13.6. The third kappa shape index (κ3) is 4.59. The minimum Gasteiger partial charge on any atom is -0.471 e. The Balaban J connectivity index is 1.99. The summed E-state index contributed by atoms with van der Waals surface area (Å²) in [5, 5.41) is 2.61. The second-order valence-corrected chi connectivity index (χ2v) is 5.29. The van der Waals surface area contributed by atoms with E-state index < -0.39 is 24.0 Å². The van der Waals surface area contributed by atoms with Crippen molar-refractivity contribution in [3.05, 3.63) is 40.1 Å². The van der Waals surface area contributed by atoms with E-state index in [-0.39, 0.29) is 28.3 Å². The first-order chi connectivity index (χ1) is 10.9. The van der Waals surface area contributed by atoms with Gasteiger partial charge in [-0.2, -0.15) is 0 Å². The van der Waals surface area contributed by atoms with Crippen molar-refractivity contribution in [1.82, 2.24) is 15.0 Å². The predicted octanol–water partition coefficient (Wildman–Crippen LogP) is 4.13. The van der Waals surface area contributed by atoms with Gasteiger partial charge < -0.3 is 10.1 Å². The minimum atomic E-state index is -2.81. The SMILES string of the molecule is C[C@H](CNc1ncnc(C(F)F)c1Cl)Oc1ncc(Cl)cc1F. The van der Waals surface area contributed by atoms with Crippen LogP contribution in [0.25, 0.3) is 0 Å². The summed E-state index contributed by atoms with van der Waals surface area (Å²) in [6.07, 6.45) is -1.14. The van der Waals surface area contributed by atoms with Crippen LogP contribution < -0.4 is 10.1 Å². The van der Waals surface area contributed by atoms with Crippen LogP contribution in [0.5, 0.6) is 5.88 Å². The number of nitrogens with zero attached hydrogens (tertiary/aromatic N) is 3. The molecule has 0 aromatic carbocycles. The molecule has 2 aromatic heterocycles. The number of pyridine rings is 1. The van der Waals surface area contributed by atoms with Crippen molar-refractivity contribution in [3.8, 4) is 5.88 Å². The van der Waals surface area contributed by atoms with Crippen molar-refractivity contribution >= 4 is 29.0 Å². The molecule has 124 valence electrons. The Morgan fingerprint density at radius 1 is 1.26 bits per heavy atom. The molecular formula is C13H11Cl2F3N4O. The molecule has 5 nitrogen and oxygen atoms in total. The number of halogens is 5. The van der Waals surface area contributed by atoms with Gasteiger partial charge in [0.05, 0.1) is 11.6 Å². The largest absolute Gasteiger partial charge is 0.471 e. The predicted molar refractivity (Wildman–Crippen MR) is 79.8 cm³/mol. The number of ether oxygens (including phenoxy) is 1. The molecule has 0 aliphatic heterocycles. The molecule has 10 heteroatoms. The van der Waals surface area contributed by atoms with E-state index in [2.05, 4.69) is 20.3 Å². The molecule has 0 amide bonds. The summed E-state index contributed by atoms with van der Waals surface area (Å²) in [5.74, 6) is -0.882. The monoisotopic (exact) mass is 366 g/mol. The zero-order valence-corrected chi connectivity index (χ0v) is 13.2. The number of rotatable bonds is 6. The number of nitrogens with one attached hydrogen (secondary N) is 1. The van der Waals surface area contributed by atoms with Crippen molar-refractivity contribution in [2.24, 2.45) is 0 Å². The first kappa shape index (κ1) is 17.6. The molecule has 0 bridgehead atoms. The van der Waals surface area contributed by atoms with E-state index in [1.807, 2.05) is 0 Å². The molecule has 2 rings (SSSR count). The van der Waals surface area contributed by atoms with Gasteiger partial charge in [-0.25, -0.2) is 28.1 Å². The standard InChI is InChI=1S/C13H11Cl2F3N4O/c1-6(23-13-8(16)2-7(14)4-20-13)3-19-12-9(15)10(11(17)18)21-5-22-12/h2,4-6,11H,3H2,1H3,(H,19,21,22)/t6-/m1/s1. The molecule has 0 radical (unpaired) electrons. The summed E-state index contributed by atoms with van der Waals surface area (Å²) in [5.41, 5.74) is -0.567. The number of anilines is 1. The van der Waals surface area contributed by atoms with Gasteiger partial charge in [0.1, 0.15) is 29.0 Å². The first-order valence-corrected chi connectivity index (χ1v) is 7.14. The fraction of sp³-hybridized carbons (Fsp3) is 0.308. The van der Waals surface area contributed by atoms with Crippen LogP contribution in [0, 0.1) is 5.82 Å². The average Bonchev–Trinajstić information content (AvgIpc) is 2.49. The summed E-state index contributed by atoms with van der Waals surface area (Å²) in [7, 11) is 0. The van der Waals surface area contributed by atoms with Crippen LogP contribution in [0.4, 0.5) is 19.0 Å². The lowest BCUT2D eigenvalue weighted by Crippen LogP contribution is -2.24. The quantitative estimate of drug-likeness (QED) is 0.832. The first-order valence-electron chi connectivity index (χ1n) is 6.38. The van der Waals surface area contributed by atoms with E-state index in [9.17, 15) is 13.2 Å². The van der Waals surface area contributed by atoms with E-state index >= 15 is 0 Å². The Morgan fingerprint density at radius 3 is 2.65 bits per heavy atom. The lowest BCUT2D eigenvalue weighted by Gasteiger charge is -2.16. The smallest absolute Gasteiger partial charge is 0.282 e. The second-order valence-electron chi connectivity index (χ2n) is 4.47. The molecule has 0 saturated heterocycles. The molecule has 2 aromatic rings. The summed E-state index contributed by atoms with van der Waals surface area (Å²) < 4.78 is 44.2. The zero-order valence-electron chi connectivity index (χ0n) is 11.7. The lowest BCUT2D eigenvalue weighted by molar-refractivity contribution is 0.146. The Bertz CT molecular complexity index is 690. The van der Waals surface area contributed by atoms with Crippen LogP contribution in [-0.4, -0.2) is 27.6 Å². The van der Waals surface area contributed by atoms with Gasteiger partial charge in [0, 0.05) is 6.20 Å². The highest BCUT2D eigenvalue weighted by molar-refractivity contribution is 6.33. The molecular weight excluding hydrogens is 356 g/mol. The van der Waals surface area contributed by atoms with Gasteiger partial charge in [-0.3, -0.25) is 0 Å². The molecule has 1 atom stereocenters. The topological polar surface area (TPSA) is 59.9 Å². The molecule has 0 unspecified atom stereocenters. The summed E-state index contributed by atoms with van der Waals surface area (Å²) in [6, 6.07) is 1.07. The molecule has 1 N–H and O–H groups in total. The third-order valence-electron chi connectivity index (χ3n) is 2.67. The average molecular weight is 367 g/mol. The van der Waals surface area contributed by atoms with Gasteiger partial charge >= 0.3 is 0 Å². The molecule has 0 aliphatic rings. The molecule has 23 heavy (non-hydrogen) atoms. The highest BCUT2D eigenvalue weighted by Crippen LogP contribution is 2.29. The van der Waals surface area contributed by atoms with Crippen LogP contribution in [-0.2, 0) is 0 Å². The highest BCUT2D eigenvalue weighted by Gasteiger charge is 2.18. The van der Waals surface area contributed by atoms with Crippen LogP contribution in [0.3, 0.4) is 0 Å². The fourth-order valence-electron chi connectivity index (χ4n) is 1.62. The van der Waals surface area contributed by atoms with Crippen molar-refractivity contribution in [3.63, 3.8) is 0 Å². The van der Waals surface area contributed by atoms with E-state index in [4.69, 9.17) is 27.9 Å². The Kier molecular flexibility index (Phi) is 5.84. The molecule has 0 spiro atoms. The summed E-state index contributed by atoms with van der Waals surface area (Å²) >= 11 is 11.4. The second kappa shape index (κ2) is 7.65. The Morgan fingerprint density at radius 2 is 2.00 bits per heavy atom. The van der Waals surface area contributed by atoms with Crippen LogP contribution in [0.15, 0.2) is 18.6 Å². The molecule has 0 saturated carbocycles. The van der Waals surface area contributed by atoms with Gasteiger partial charge in [0.25, 0.3) is 12.3 Å². The van der Waals surface area contributed by atoms with Crippen LogP contribution in [0.1, 0.15) is 19.0 Å². The van der Waals surface area contributed by atoms with Crippen LogP contribution in [0.2, 0.25) is 10.0 Å². The third-order valence-corrected chi connectivity index (χ3v) is 3.25. The zero-order chi connectivity index (χ0) is 17.0. The van der Waals surface area contributed by atoms with Gasteiger partial charge in [-0.15, -0.1) is 0 Å². The fourth-order valence-corrected chi connectivity index (χ4v) is 2.01. The number of aromatic nitrogens is 3. The van der Waals surface area contributed by atoms with E-state index in [0.29, 0.717) is 0 Å². The van der Waals surface area contributed by atoms with Gasteiger partial charge in [-0.05, 0) is 13.0 Å². The van der Waals surface area contributed by atoms with Crippen molar-refractivity contribution in [1.29, 1.82) is 0 Å². The Labute approximate surface area is 139 Å². The maximum absolute atomic E-state index is 13.6. The summed E-state index contributed by atoms with van der Waals surface area (Å²) in [4.78, 5) is 10.9. The van der Waals surface area contributed by atoms with Gasteiger partial charge in [-0.1, -0.05) is 23.2 Å². The van der Waals surface area contributed by atoms with E-state index in [1.165, 1.54) is 6.20 Å².